The van der Waals surface area contributed by atoms with Gasteiger partial charge in [-0.05, 0) is 40.0 Å². The molecule has 0 aliphatic heterocycles. The SMILES string of the molecule is CCCCOc1cc(OCCCC)c(PC(=O)c2c(Cl)cccc2Cl)c(OCCCC)c1.[LiH]. The Kier molecular flexibility index (Phi) is 15.3. The summed E-state index contributed by atoms with van der Waals surface area (Å²) < 4.78 is 18.1. The van der Waals surface area contributed by atoms with Crippen LogP contribution < -0.4 is 19.5 Å². The molecule has 2 rings (SSSR count). The van der Waals surface area contributed by atoms with E-state index in [9.17, 15) is 4.79 Å². The Morgan fingerprint density at radius 3 is 1.73 bits per heavy atom. The topological polar surface area (TPSA) is 44.8 Å². The van der Waals surface area contributed by atoms with Crippen LogP contribution in [0.4, 0.5) is 0 Å². The minimum absolute atomic E-state index is 0. The second kappa shape index (κ2) is 16.7. The van der Waals surface area contributed by atoms with E-state index in [1.807, 2.05) is 12.1 Å². The van der Waals surface area contributed by atoms with Crippen molar-refractivity contribution >= 4 is 61.5 Å². The molecule has 0 fully saturated rings. The van der Waals surface area contributed by atoms with Gasteiger partial charge >= 0.3 is 18.9 Å². The molecule has 2 aromatic carbocycles. The van der Waals surface area contributed by atoms with Crippen molar-refractivity contribution < 1.29 is 19.0 Å². The first-order valence-electron chi connectivity index (χ1n) is 11.3. The number of hydrogen-bond acceptors (Lipinski definition) is 4. The van der Waals surface area contributed by atoms with Crippen LogP contribution >= 0.6 is 31.8 Å². The zero-order valence-electron chi connectivity index (χ0n) is 19.1. The molecule has 0 aliphatic carbocycles. The Morgan fingerprint density at radius 1 is 0.818 bits per heavy atom. The molecule has 0 aliphatic rings. The van der Waals surface area contributed by atoms with Gasteiger partial charge in [-0.3, -0.25) is 4.79 Å². The predicted octanol–water partition coefficient (Wildman–Crippen LogP) is 7.03. The van der Waals surface area contributed by atoms with Gasteiger partial charge in [0, 0.05) is 12.1 Å². The Hall–Kier alpha value is -0.883. The number of ether oxygens (including phenoxy) is 3. The summed E-state index contributed by atoms with van der Waals surface area (Å²) in [6.07, 6.45) is 5.87. The molecule has 4 nitrogen and oxygen atoms in total. The average molecular weight is 507 g/mol. The number of benzene rings is 2. The molecular formula is C25H34Cl2LiO4P. The van der Waals surface area contributed by atoms with Gasteiger partial charge in [-0.2, -0.15) is 0 Å². The van der Waals surface area contributed by atoms with Crippen LogP contribution in [0.25, 0.3) is 0 Å². The molecule has 0 spiro atoms. The van der Waals surface area contributed by atoms with Crippen molar-refractivity contribution in [2.45, 2.75) is 59.3 Å². The molecule has 0 radical (unpaired) electrons. The van der Waals surface area contributed by atoms with Crippen molar-refractivity contribution in [1.29, 1.82) is 0 Å². The molecule has 178 valence electrons. The molecule has 0 heterocycles. The van der Waals surface area contributed by atoms with Gasteiger partial charge in [0.2, 0.25) is 0 Å². The van der Waals surface area contributed by atoms with Crippen LogP contribution in [-0.4, -0.2) is 44.2 Å². The number of carbonyl (C=O) groups excluding carboxylic acids is 1. The summed E-state index contributed by atoms with van der Waals surface area (Å²) in [4.78, 5) is 13.2. The van der Waals surface area contributed by atoms with Gasteiger partial charge in [-0.1, -0.05) is 69.3 Å². The Morgan fingerprint density at radius 2 is 1.27 bits per heavy atom. The van der Waals surface area contributed by atoms with Crippen LogP contribution in [0.2, 0.25) is 10.0 Å². The van der Waals surface area contributed by atoms with Crippen LogP contribution in [0, 0.1) is 0 Å². The Bertz CT molecular complexity index is 828. The molecule has 0 bridgehead atoms. The second-order valence-electron chi connectivity index (χ2n) is 7.45. The van der Waals surface area contributed by atoms with Gasteiger partial charge < -0.3 is 14.2 Å². The molecule has 0 amide bonds. The average Bonchev–Trinajstić information content (AvgIpc) is 2.76. The monoisotopic (exact) mass is 506 g/mol. The van der Waals surface area contributed by atoms with Gasteiger partial charge in [0.05, 0.1) is 40.7 Å². The van der Waals surface area contributed by atoms with Gasteiger partial charge in [0.15, 0.2) is 5.52 Å². The standard InChI is InChI=1S/C25H33Cl2O4P.Li.H/c1-4-7-13-29-18-16-21(30-14-8-5-2)24(22(17-18)31-15-9-6-3)32-25(28)23-19(26)11-10-12-20(23)27;;/h10-12,16-17,32H,4-9,13-15H2,1-3H3;;. The van der Waals surface area contributed by atoms with E-state index in [1.54, 1.807) is 18.2 Å². The molecule has 0 aromatic heterocycles. The van der Waals surface area contributed by atoms with Crippen molar-refractivity contribution in [1.82, 2.24) is 0 Å². The van der Waals surface area contributed by atoms with E-state index in [-0.39, 0.29) is 33.0 Å². The normalized spacial score (nSPS) is 10.8. The zero-order chi connectivity index (χ0) is 23.3. The number of halogens is 2. The van der Waals surface area contributed by atoms with E-state index < -0.39 is 0 Å². The third-order valence-electron chi connectivity index (χ3n) is 4.75. The summed E-state index contributed by atoms with van der Waals surface area (Å²) in [5, 5.41) is 1.41. The van der Waals surface area contributed by atoms with Crippen LogP contribution in [0.1, 0.15) is 69.7 Å². The van der Waals surface area contributed by atoms with E-state index in [0.717, 1.165) is 43.8 Å². The van der Waals surface area contributed by atoms with E-state index in [0.29, 0.717) is 52.7 Å². The predicted molar refractivity (Wildman–Crippen MR) is 144 cm³/mol. The second-order valence-corrected chi connectivity index (χ2v) is 9.47. The van der Waals surface area contributed by atoms with Gasteiger partial charge in [-0.15, -0.1) is 0 Å². The summed E-state index contributed by atoms with van der Waals surface area (Å²) >= 11 is 12.6. The molecule has 2 aromatic rings. The number of rotatable bonds is 15. The van der Waals surface area contributed by atoms with Crippen molar-refractivity contribution in [3.63, 3.8) is 0 Å². The summed E-state index contributed by atoms with van der Waals surface area (Å²) in [7, 11) is -0.245. The van der Waals surface area contributed by atoms with Crippen LogP contribution in [0.15, 0.2) is 30.3 Å². The number of hydrogen-bond donors (Lipinski definition) is 0. The van der Waals surface area contributed by atoms with Gasteiger partial charge in [-0.25, -0.2) is 0 Å². The van der Waals surface area contributed by atoms with E-state index in [4.69, 9.17) is 37.4 Å². The molecule has 0 saturated heterocycles. The Balaban J connectivity index is 0.00000544. The first kappa shape index (κ1) is 30.1. The molecule has 1 unspecified atom stereocenters. The quantitative estimate of drug-likeness (QED) is 0.148. The van der Waals surface area contributed by atoms with E-state index in [2.05, 4.69) is 20.8 Å². The maximum atomic E-state index is 13.2. The van der Waals surface area contributed by atoms with E-state index >= 15 is 0 Å². The van der Waals surface area contributed by atoms with Crippen molar-refractivity contribution in [3.8, 4) is 17.2 Å². The minimum atomic E-state index is -0.245. The molecular weight excluding hydrogens is 473 g/mol. The zero-order valence-corrected chi connectivity index (χ0v) is 21.7. The third kappa shape index (κ3) is 9.71. The first-order valence-corrected chi connectivity index (χ1v) is 13.1. The summed E-state index contributed by atoms with van der Waals surface area (Å²) in [6, 6.07) is 8.80. The molecule has 8 heteroatoms. The number of carbonyl (C=O) groups is 1. The summed E-state index contributed by atoms with van der Waals surface area (Å²) in [5.74, 6) is 1.93. The van der Waals surface area contributed by atoms with Crippen LogP contribution in [0.3, 0.4) is 0 Å². The van der Waals surface area contributed by atoms with Crippen molar-refractivity contribution in [3.05, 3.63) is 45.9 Å². The number of unbranched alkanes of at least 4 members (excludes halogenated alkanes) is 3. The first-order chi connectivity index (χ1) is 15.5. The fourth-order valence-corrected chi connectivity index (χ4v) is 4.76. The molecule has 33 heavy (non-hydrogen) atoms. The van der Waals surface area contributed by atoms with Gasteiger partial charge in [0.25, 0.3) is 0 Å². The summed E-state index contributed by atoms with van der Waals surface area (Å²) in [6.45, 7) is 8.08. The summed E-state index contributed by atoms with van der Waals surface area (Å²) in [5.41, 5.74) is 0.178. The fraction of sp³-hybridized carbons (Fsp3) is 0.480. The van der Waals surface area contributed by atoms with Crippen LogP contribution in [0.5, 0.6) is 17.2 Å². The molecule has 0 saturated carbocycles. The van der Waals surface area contributed by atoms with E-state index in [1.165, 1.54) is 0 Å². The van der Waals surface area contributed by atoms with Crippen LogP contribution in [-0.2, 0) is 0 Å². The Labute approximate surface area is 222 Å². The molecule has 1 atom stereocenters. The van der Waals surface area contributed by atoms with Crippen molar-refractivity contribution in [2.24, 2.45) is 0 Å². The maximum absolute atomic E-state index is 13.2. The van der Waals surface area contributed by atoms with Gasteiger partial charge in [0.1, 0.15) is 17.2 Å². The third-order valence-corrected chi connectivity index (χ3v) is 6.60. The fourth-order valence-electron chi connectivity index (χ4n) is 2.88. The molecule has 0 N–H and O–H groups in total. The van der Waals surface area contributed by atoms with Crippen molar-refractivity contribution in [2.75, 3.05) is 19.8 Å².